The Kier molecular flexibility index (Phi) is 0.576. The van der Waals surface area contributed by atoms with Crippen LogP contribution < -0.4 is 0 Å². The van der Waals surface area contributed by atoms with E-state index in [0.29, 0.717) is 0 Å². The molecular formula is C26H22Fe. The first-order valence-corrected chi connectivity index (χ1v) is 17.0. The van der Waals surface area contributed by atoms with E-state index in [1.807, 2.05) is 0 Å². The fourth-order valence-corrected chi connectivity index (χ4v) is 94.8. The SMILES string of the molecule is C(=C[C]12[CH]3[CH]4[CH]5[C]1(C=Cc1ccccc1)[Fe]43521678[CH]2[CH]1[CH]6[CH]7[CH]28)c1ccccc1. The van der Waals surface area contributed by atoms with Gasteiger partial charge in [-0.25, -0.2) is 0 Å². The Balaban J connectivity index is 1.18. The van der Waals surface area contributed by atoms with E-state index in [-0.39, 0.29) is 0 Å². The van der Waals surface area contributed by atoms with Gasteiger partial charge < -0.3 is 0 Å². The van der Waals surface area contributed by atoms with Crippen molar-refractivity contribution < 1.29 is 6.51 Å². The molecule has 134 valence electrons. The summed E-state index contributed by atoms with van der Waals surface area (Å²) in [5.41, 5.74) is 2.85. The Bertz CT molecular complexity index is 1480. The topological polar surface area (TPSA) is 0 Å². The van der Waals surface area contributed by atoms with Crippen LogP contribution in [0.5, 0.6) is 0 Å². The summed E-state index contributed by atoms with van der Waals surface area (Å²) in [7, 11) is 0. The van der Waals surface area contributed by atoms with E-state index in [4.69, 9.17) is 0 Å². The van der Waals surface area contributed by atoms with Crippen molar-refractivity contribution in [2.24, 2.45) is 0 Å². The molecule has 10 aliphatic heterocycles. The summed E-state index contributed by atoms with van der Waals surface area (Å²) in [6, 6.07) is 22.3. The van der Waals surface area contributed by atoms with Crippen molar-refractivity contribution in [1.82, 2.24) is 0 Å². The van der Waals surface area contributed by atoms with E-state index in [0.717, 1.165) is 8.63 Å². The molecule has 4 atom stereocenters. The fraction of sp³-hybridized carbons (Fsp3) is 0.385. The first kappa shape index (κ1) is 11.4. The average Bonchev–Trinajstić information content (AvgIpc) is 3.67. The second-order valence-electron chi connectivity index (χ2n) is 13.3. The number of hydrogen-bond acceptors (Lipinski definition) is 0. The molecule has 1 heteroatoms. The minimum atomic E-state index is -3.32. The summed E-state index contributed by atoms with van der Waals surface area (Å²) in [5, 5.41) is 0. The van der Waals surface area contributed by atoms with Crippen LogP contribution in [0.1, 0.15) is 11.1 Å². The van der Waals surface area contributed by atoms with Crippen LogP contribution in [0.2, 0.25) is 47.2 Å². The number of allylic oxidation sites excluding steroid dienone is 2. The molecule has 0 radical (unpaired) electrons. The van der Waals surface area contributed by atoms with Gasteiger partial charge in [-0.05, 0) is 0 Å². The number of benzene rings is 2. The average molecular weight is 390 g/mol. The van der Waals surface area contributed by atoms with Crippen LogP contribution in [0.3, 0.4) is 0 Å². The standard InChI is InChI=1S/C21H17.C5H5.Fe/c1-3-8-18(9-4-1)14-16-20-12-7-13-21(20)17-15-19-10-5-2-6-11-19;1-2-4-5-3-1;/h1-17H;1-5H;. The molecule has 27 heavy (non-hydrogen) atoms. The van der Waals surface area contributed by atoms with Crippen LogP contribution in [0.4, 0.5) is 0 Å². The van der Waals surface area contributed by atoms with Gasteiger partial charge in [0, 0.05) is 0 Å². The van der Waals surface area contributed by atoms with Crippen molar-refractivity contribution in [2.75, 3.05) is 0 Å². The Morgan fingerprint density at radius 1 is 0.556 bits per heavy atom. The molecule has 0 amide bonds. The van der Waals surface area contributed by atoms with Crippen LogP contribution in [-0.4, -0.2) is 0 Å². The van der Waals surface area contributed by atoms with Gasteiger partial charge >= 0.3 is 150 Å². The van der Waals surface area contributed by atoms with Gasteiger partial charge in [0.2, 0.25) is 0 Å². The first-order chi connectivity index (χ1) is 13.1. The third kappa shape index (κ3) is 0.192. The summed E-state index contributed by atoms with van der Waals surface area (Å²) in [5.74, 6) is 0. The summed E-state index contributed by atoms with van der Waals surface area (Å²) in [6.07, 6.45) is 10.9. The normalized spacial score (nSPS) is 82.5. The van der Waals surface area contributed by atoms with Crippen molar-refractivity contribution >= 4 is 12.2 Å². The van der Waals surface area contributed by atoms with Crippen LogP contribution in [0.25, 0.3) is 12.2 Å². The quantitative estimate of drug-likeness (QED) is 0.473. The van der Waals surface area contributed by atoms with Crippen molar-refractivity contribution in [3.05, 3.63) is 83.9 Å². The maximum atomic E-state index is 2.87. The molecule has 10 heterocycles. The predicted octanol–water partition coefficient (Wildman–Crippen LogP) is 7.54. The van der Waals surface area contributed by atoms with Crippen LogP contribution in [0, 0.1) is 0 Å². The Morgan fingerprint density at radius 2 is 0.963 bits per heavy atom. The molecule has 0 saturated carbocycles. The molecule has 2 aromatic rings. The van der Waals surface area contributed by atoms with E-state index < -0.39 is 6.51 Å². The Hall–Kier alpha value is -1.56. The third-order valence-corrected chi connectivity index (χ3v) is 60.8. The molecule has 0 bridgehead atoms. The third-order valence-electron chi connectivity index (χ3n) is 17.7. The molecular weight excluding hydrogens is 368 g/mol. The second kappa shape index (κ2) is 1.36. The van der Waals surface area contributed by atoms with E-state index >= 15 is 0 Å². The van der Waals surface area contributed by atoms with Gasteiger partial charge in [-0.3, -0.25) is 0 Å². The zero-order chi connectivity index (χ0) is 17.0. The molecule has 12 rings (SSSR count). The van der Waals surface area contributed by atoms with E-state index in [9.17, 15) is 0 Å². The second-order valence-corrected chi connectivity index (χ2v) is 36.6. The molecule has 4 unspecified atom stereocenters. The number of rotatable bonds is 4. The van der Waals surface area contributed by atoms with Gasteiger partial charge in [0.15, 0.2) is 0 Å². The molecule has 0 N–H and O–H groups in total. The fourth-order valence-electron chi connectivity index (χ4n) is 19.4. The molecule has 1 spiro atoms. The van der Waals surface area contributed by atoms with E-state index in [2.05, 4.69) is 85.0 Å². The Labute approximate surface area is 149 Å². The molecule has 2 aromatic carbocycles. The summed E-state index contributed by atoms with van der Waals surface area (Å²) >= 11 is 0. The summed E-state index contributed by atoms with van der Waals surface area (Å²) < 4.78 is 1.51. The zero-order valence-corrected chi connectivity index (χ0v) is 16.2. The maximum absolute atomic E-state index is 3.32. The van der Waals surface area contributed by atoms with Gasteiger partial charge in [0.05, 0.1) is 0 Å². The van der Waals surface area contributed by atoms with Crippen LogP contribution in [-0.2, 0) is 6.51 Å². The van der Waals surface area contributed by atoms with Gasteiger partial charge in [-0.1, -0.05) is 0 Å². The number of fused-ring (bicyclic) bond motifs is 10. The molecule has 0 nitrogen and oxygen atoms in total. The van der Waals surface area contributed by atoms with E-state index in [1.165, 1.54) is 49.7 Å². The summed E-state index contributed by atoms with van der Waals surface area (Å²) in [6.45, 7) is -3.32. The van der Waals surface area contributed by atoms with Crippen molar-refractivity contribution in [3.8, 4) is 0 Å². The van der Waals surface area contributed by atoms with Gasteiger partial charge in [-0.2, -0.15) is 0 Å². The van der Waals surface area contributed by atoms with Crippen molar-refractivity contribution in [1.29, 1.82) is 0 Å². The van der Waals surface area contributed by atoms with Gasteiger partial charge in [0.25, 0.3) is 0 Å². The molecule has 10 saturated heterocycles. The zero-order valence-electron chi connectivity index (χ0n) is 15.1. The molecule has 0 aromatic heterocycles. The predicted molar refractivity (Wildman–Crippen MR) is 106 cm³/mol. The van der Waals surface area contributed by atoms with Gasteiger partial charge in [-0.15, -0.1) is 0 Å². The van der Waals surface area contributed by atoms with E-state index in [1.54, 1.807) is 0 Å². The van der Waals surface area contributed by atoms with Crippen LogP contribution >= 0.6 is 0 Å². The van der Waals surface area contributed by atoms with Gasteiger partial charge in [0.1, 0.15) is 0 Å². The first-order valence-electron chi connectivity index (χ1n) is 10.8. The van der Waals surface area contributed by atoms with Crippen molar-refractivity contribution in [3.63, 3.8) is 0 Å². The molecule has 10 fully saturated rings. The Morgan fingerprint density at radius 3 is 1.30 bits per heavy atom. The number of hydrogen-bond donors (Lipinski definition) is 0. The van der Waals surface area contributed by atoms with Crippen LogP contribution in [0.15, 0.2) is 72.8 Å². The summed E-state index contributed by atoms with van der Waals surface area (Å²) in [4.78, 5) is 10.6. The minimum absolute atomic E-state index is 0.757. The molecule has 10 aliphatic rings. The van der Waals surface area contributed by atoms with Crippen molar-refractivity contribution in [2.45, 2.75) is 47.2 Å². The monoisotopic (exact) mass is 390 g/mol. The molecule has 0 aliphatic carbocycles.